The van der Waals surface area contributed by atoms with Crippen molar-refractivity contribution in [3.05, 3.63) is 60.2 Å². The molecule has 120 valence electrons. The molecule has 23 heavy (non-hydrogen) atoms. The highest BCUT2D eigenvalue weighted by Gasteiger charge is 2.45. The summed E-state index contributed by atoms with van der Waals surface area (Å²) in [5.41, 5.74) is 1.01. The van der Waals surface area contributed by atoms with Gasteiger partial charge in [0.15, 0.2) is 0 Å². The molecule has 0 aliphatic carbocycles. The minimum atomic E-state index is -0.818. The van der Waals surface area contributed by atoms with Crippen LogP contribution in [0.5, 0.6) is 11.5 Å². The van der Waals surface area contributed by atoms with Crippen LogP contribution in [0.15, 0.2) is 54.6 Å². The molecule has 4 nitrogen and oxygen atoms in total. The lowest BCUT2D eigenvalue weighted by atomic mass is 10.0. The van der Waals surface area contributed by atoms with E-state index in [0.29, 0.717) is 0 Å². The van der Waals surface area contributed by atoms with Crippen molar-refractivity contribution in [2.45, 2.75) is 30.0 Å². The van der Waals surface area contributed by atoms with Crippen molar-refractivity contribution in [3.8, 4) is 11.5 Å². The predicted molar refractivity (Wildman–Crippen MR) is 91.9 cm³/mol. The zero-order valence-corrected chi connectivity index (χ0v) is 13.8. The number of carbonyl (C=O) groups is 1. The van der Waals surface area contributed by atoms with Crippen LogP contribution in [0.4, 0.5) is 0 Å². The maximum absolute atomic E-state index is 11.4. The number of nitrogens with one attached hydrogen (secondary N) is 1. The van der Waals surface area contributed by atoms with E-state index < -0.39 is 12.0 Å². The Morgan fingerprint density at radius 2 is 1.83 bits per heavy atom. The smallest absolute Gasteiger partial charge is 0.322 e. The number of ether oxygens (including phenoxy) is 1. The Hall–Kier alpha value is -1.98. The van der Waals surface area contributed by atoms with Gasteiger partial charge < -0.3 is 9.84 Å². The van der Waals surface area contributed by atoms with Gasteiger partial charge in [-0.3, -0.25) is 10.1 Å². The molecule has 2 atom stereocenters. The van der Waals surface area contributed by atoms with Gasteiger partial charge in [-0.2, -0.15) is 0 Å². The molecule has 0 bridgehead atoms. The van der Waals surface area contributed by atoms with E-state index in [-0.39, 0.29) is 10.1 Å². The summed E-state index contributed by atoms with van der Waals surface area (Å²) < 4.78 is 5.48. The van der Waals surface area contributed by atoms with E-state index in [4.69, 9.17) is 4.74 Å². The average molecular weight is 329 g/mol. The van der Waals surface area contributed by atoms with E-state index >= 15 is 0 Å². The molecule has 3 rings (SSSR count). The third kappa shape index (κ3) is 3.51. The van der Waals surface area contributed by atoms with Gasteiger partial charge >= 0.3 is 5.97 Å². The van der Waals surface area contributed by atoms with Crippen LogP contribution >= 0.6 is 11.8 Å². The highest BCUT2D eigenvalue weighted by atomic mass is 32.2. The zero-order chi connectivity index (χ0) is 16.4. The molecule has 1 saturated heterocycles. The van der Waals surface area contributed by atoms with Crippen molar-refractivity contribution in [3.63, 3.8) is 0 Å². The molecule has 1 aliphatic rings. The Kier molecular flexibility index (Phi) is 4.33. The Labute approximate surface area is 139 Å². The minimum absolute atomic E-state index is 0.0644. The molecule has 0 spiro atoms. The third-order valence-electron chi connectivity index (χ3n) is 3.82. The standard InChI is InChI=1S/C18H19NO3S/c1-18(2)15(17(20)21)19-16(23-18)12-7-6-10-14(11-12)22-13-8-4-3-5-9-13/h3-11,15-16,19H,1-2H3,(H,20,21)/t15-,16+/m0/s1. The van der Waals surface area contributed by atoms with Gasteiger partial charge in [0, 0.05) is 4.75 Å². The number of para-hydroxylation sites is 1. The van der Waals surface area contributed by atoms with Crippen LogP contribution in [0.3, 0.4) is 0 Å². The van der Waals surface area contributed by atoms with E-state index in [9.17, 15) is 9.90 Å². The molecular weight excluding hydrogens is 310 g/mol. The lowest BCUT2D eigenvalue weighted by molar-refractivity contribution is -0.139. The van der Waals surface area contributed by atoms with Gasteiger partial charge in [0.05, 0.1) is 5.37 Å². The van der Waals surface area contributed by atoms with Crippen LogP contribution in [0, 0.1) is 0 Å². The fraction of sp³-hybridized carbons (Fsp3) is 0.278. The fourth-order valence-electron chi connectivity index (χ4n) is 2.66. The van der Waals surface area contributed by atoms with Gasteiger partial charge in [-0.1, -0.05) is 30.3 Å². The molecule has 0 radical (unpaired) electrons. The van der Waals surface area contributed by atoms with E-state index in [1.165, 1.54) is 0 Å². The summed E-state index contributed by atoms with van der Waals surface area (Å²) in [6, 6.07) is 16.8. The number of aliphatic carboxylic acids is 1. The maximum atomic E-state index is 11.4. The van der Waals surface area contributed by atoms with Crippen LogP contribution in [0.25, 0.3) is 0 Å². The molecule has 1 aliphatic heterocycles. The second-order valence-electron chi connectivity index (χ2n) is 6.03. The van der Waals surface area contributed by atoms with Crippen LogP contribution in [0.1, 0.15) is 24.8 Å². The lowest BCUT2D eigenvalue weighted by Gasteiger charge is -2.20. The number of carboxylic acid groups (broad SMARTS) is 1. The molecular formula is C18H19NO3S. The zero-order valence-electron chi connectivity index (χ0n) is 13.0. The van der Waals surface area contributed by atoms with Gasteiger partial charge in [0.2, 0.25) is 0 Å². The van der Waals surface area contributed by atoms with Crippen molar-refractivity contribution in [1.82, 2.24) is 5.32 Å². The van der Waals surface area contributed by atoms with Crippen molar-refractivity contribution < 1.29 is 14.6 Å². The number of thioether (sulfide) groups is 1. The minimum Gasteiger partial charge on any atom is -0.480 e. The van der Waals surface area contributed by atoms with E-state index in [2.05, 4.69) is 5.32 Å². The monoisotopic (exact) mass is 329 g/mol. The predicted octanol–water partition coefficient (Wildman–Crippen LogP) is 4.05. The average Bonchev–Trinajstić information content (AvgIpc) is 2.84. The Morgan fingerprint density at radius 1 is 1.13 bits per heavy atom. The van der Waals surface area contributed by atoms with Gasteiger partial charge in [0.1, 0.15) is 17.5 Å². The fourth-order valence-corrected chi connectivity index (χ4v) is 4.06. The van der Waals surface area contributed by atoms with Crippen LogP contribution in [-0.2, 0) is 4.79 Å². The second kappa shape index (κ2) is 6.26. The Morgan fingerprint density at radius 3 is 2.48 bits per heavy atom. The van der Waals surface area contributed by atoms with Crippen molar-refractivity contribution >= 4 is 17.7 Å². The second-order valence-corrected chi connectivity index (χ2v) is 7.79. The molecule has 0 saturated carbocycles. The van der Waals surface area contributed by atoms with Gasteiger partial charge in [-0.15, -0.1) is 11.8 Å². The SMILES string of the molecule is CC1(C)S[C@H](c2cccc(Oc3ccccc3)c2)N[C@H]1C(=O)O. The highest BCUT2D eigenvalue weighted by molar-refractivity contribution is 8.01. The van der Waals surface area contributed by atoms with E-state index in [0.717, 1.165) is 17.1 Å². The summed E-state index contributed by atoms with van der Waals surface area (Å²) in [4.78, 5) is 11.4. The quantitative estimate of drug-likeness (QED) is 0.886. The van der Waals surface area contributed by atoms with E-state index in [1.54, 1.807) is 11.8 Å². The first kappa shape index (κ1) is 15.9. The topological polar surface area (TPSA) is 58.6 Å². The normalized spacial score (nSPS) is 22.7. The molecule has 2 aromatic rings. The first-order valence-corrected chi connectivity index (χ1v) is 8.33. The van der Waals surface area contributed by atoms with Crippen LogP contribution in [0.2, 0.25) is 0 Å². The molecule has 0 unspecified atom stereocenters. The van der Waals surface area contributed by atoms with Crippen LogP contribution in [-0.4, -0.2) is 21.9 Å². The first-order valence-electron chi connectivity index (χ1n) is 7.45. The molecule has 2 aromatic carbocycles. The van der Waals surface area contributed by atoms with Crippen LogP contribution < -0.4 is 10.1 Å². The summed E-state index contributed by atoms with van der Waals surface area (Å²) in [5, 5.41) is 12.5. The number of hydrogen-bond acceptors (Lipinski definition) is 4. The van der Waals surface area contributed by atoms with Crippen molar-refractivity contribution in [2.24, 2.45) is 0 Å². The van der Waals surface area contributed by atoms with Crippen molar-refractivity contribution in [1.29, 1.82) is 0 Å². The summed E-state index contributed by atoms with van der Waals surface area (Å²) >= 11 is 1.62. The van der Waals surface area contributed by atoms with Gasteiger partial charge in [-0.05, 0) is 43.7 Å². The van der Waals surface area contributed by atoms with E-state index in [1.807, 2.05) is 68.4 Å². The number of hydrogen-bond donors (Lipinski definition) is 2. The number of benzene rings is 2. The molecule has 5 heteroatoms. The summed E-state index contributed by atoms with van der Waals surface area (Å²) in [6.45, 7) is 3.90. The van der Waals surface area contributed by atoms with Gasteiger partial charge in [0.25, 0.3) is 0 Å². The maximum Gasteiger partial charge on any atom is 0.322 e. The summed E-state index contributed by atoms with van der Waals surface area (Å²) in [5.74, 6) is 0.704. The lowest BCUT2D eigenvalue weighted by Crippen LogP contribution is -2.43. The number of carboxylic acids is 1. The molecule has 0 aromatic heterocycles. The first-order chi connectivity index (χ1) is 11.0. The summed E-state index contributed by atoms with van der Waals surface area (Å²) in [6.07, 6.45) is 0. The molecule has 0 amide bonds. The Balaban J connectivity index is 1.79. The van der Waals surface area contributed by atoms with Crippen molar-refractivity contribution in [2.75, 3.05) is 0 Å². The molecule has 1 heterocycles. The van der Waals surface area contributed by atoms with Gasteiger partial charge in [-0.25, -0.2) is 0 Å². The molecule has 2 N–H and O–H groups in total. The number of rotatable bonds is 4. The third-order valence-corrected chi connectivity index (χ3v) is 5.31. The molecule has 1 fully saturated rings. The summed E-state index contributed by atoms with van der Waals surface area (Å²) in [7, 11) is 0. The Bertz CT molecular complexity index is 702. The largest absolute Gasteiger partial charge is 0.480 e. The highest BCUT2D eigenvalue weighted by Crippen LogP contribution is 2.46.